The largest absolute Gasteiger partial charge is 0.387 e. The Balaban J connectivity index is 1.47. The highest BCUT2D eigenvalue weighted by Gasteiger charge is 2.26. The predicted molar refractivity (Wildman–Crippen MR) is 91.2 cm³/mol. The Labute approximate surface area is 145 Å². The number of benzene rings is 1. The maximum atomic E-state index is 13.2. The molecule has 3 rings (SSSR count). The van der Waals surface area contributed by atoms with Gasteiger partial charge in [0.1, 0.15) is 5.82 Å². The third-order valence-corrected chi connectivity index (χ3v) is 4.42. The molecule has 1 atom stereocenters. The number of anilines is 1. The van der Waals surface area contributed by atoms with Crippen molar-refractivity contribution in [3.63, 3.8) is 0 Å². The molecule has 132 valence electrons. The molecule has 0 radical (unpaired) electrons. The van der Waals surface area contributed by atoms with E-state index in [-0.39, 0.29) is 17.6 Å². The van der Waals surface area contributed by atoms with E-state index < -0.39 is 6.10 Å². The third kappa shape index (κ3) is 4.80. The van der Waals surface area contributed by atoms with Crippen molar-refractivity contribution in [3.05, 3.63) is 54.1 Å². The lowest BCUT2D eigenvalue weighted by Gasteiger charge is -2.32. The van der Waals surface area contributed by atoms with Crippen LogP contribution in [0, 0.1) is 11.7 Å². The first-order valence-electron chi connectivity index (χ1n) is 8.35. The summed E-state index contributed by atoms with van der Waals surface area (Å²) in [5.74, 6) is -0.200. The van der Waals surface area contributed by atoms with E-state index >= 15 is 0 Å². The molecule has 1 amide bonds. The van der Waals surface area contributed by atoms with Gasteiger partial charge in [0.15, 0.2) is 0 Å². The summed E-state index contributed by atoms with van der Waals surface area (Å²) in [4.78, 5) is 22.3. The van der Waals surface area contributed by atoms with Crippen molar-refractivity contribution in [2.24, 2.45) is 5.92 Å². The average Bonchev–Trinajstić information content (AvgIpc) is 2.63. The van der Waals surface area contributed by atoms with Crippen LogP contribution >= 0.6 is 0 Å². The molecule has 1 aliphatic heterocycles. The zero-order valence-electron chi connectivity index (χ0n) is 13.8. The first kappa shape index (κ1) is 17.4. The Morgan fingerprint density at radius 3 is 2.68 bits per heavy atom. The number of nitrogens with one attached hydrogen (secondary N) is 1. The Morgan fingerprint density at radius 1 is 1.28 bits per heavy atom. The fourth-order valence-electron chi connectivity index (χ4n) is 3.02. The number of piperidine rings is 1. The third-order valence-electron chi connectivity index (χ3n) is 4.42. The van der Waals surface area contributed by atoms with Gasteiger partial charge in [-0.15, -0.1) is 0 Å². The number of halogens is 1. The van der Waals surface area contributed by atoms with E-state index in [1.165, 1.54) is 12.1 Å². The smallest absolute Gasteiger partial charge is 0.229 e. The van der Waals surface area contributed by atoms with Gasteiger partial charge in [0.25, 0.3) is 0 Å². The highest BCUT2D eigenvalue weighted by Crippen LogP contribution is 2.22. The Morgan fingerprint density at radius 2 is 2.00 bits per heavy atom. The maximum Gasteiger partial charge on any atom is 0.229 e. The number of carbonyl (C=O) groups excluding carboxylic acids is 1. The van der Waals surface area contributed by atoms with Gasteiger partial charge in [0.2, 0.25) is 11.9 Å². The molecule has 1 aromatic carbocycles. The van der Waals surface area contributed by atoms with Gasteiger partial charge in [0.05, 0.1) is 6.10 Å². The van der Waals surface area contributed by atoms with Crippen molar-refractivity contribution in [3.8, 4) is 0 Å². The number of likely N-dealkylation sites (tertiary alicyclic amines) is 1. The van der Waals surface area contributed by atoms with Crippen LogP contribution in [0.1, 0.15) is 24.5 Å². The molecule has 0 spiro atoms. The molecule has 7 heteroatoms. The minimum atomic E-state index is -0.737. The summed E-state index contributed by atoms with van der Waals surface area (Å²) in [6.07, 6.45) is 3.83. The number of aliphatic hydroxyl groups is 1. The topological polar surface area (TPSA) is 78.4 Å². The lowest BCUT2D eigenvalue weighted by Crippen LogP contribution is -2.40. The molecule has 1 saturated heterocycles. The van der Waals surface area contributed by atoms with Crippen molar-refractivity contribution >= 4 is 11.9 Å². The number of aromatic nitrogens is 2. The van der Waals surface area contributed by atoms with E-state index in [1.54, 1.807) is 30.6 Å². The number of hydrogen-bond acceptors (Lipinski definition) is 5. The van der Waals surface area contributed by atoms with Gasteiger partial charge in [-0.05, 0) is 49.7 Å². The van der Waals surface area contributed by atoms with E-state index in [1.807, 2.05) is 0 Å². The van der Waals surface area contributed by atoms with Crippen LogP contribution in [0.4, 0.5) is 10.3 Å². The number of aliphatic hydroxyl groups excluding tert-OH is 1. The van der Waals surface area contributed by atoms with Crippen LogP contribution in [-0.4, -0.2) is 45.5 Å². The minimum absolute atomic E-state index is 0.0727. The summed E-state index contributed by atoms with van der Waals surface area (Å²) < 4.78 is 13.2. The molecule has 0 saturated carbocycles. The second kappa shape index (κ2) is 8.13. The number of hydrogen-bond donors (Lipinski definition) is 2. The van der Waals surface area contributed by atoms with E-state index in [0.717, 1.165) is 0 Å². The Hall–Kier alpha value is -2.38. The number of β-amino-alcohol motifs (C(OH)–C–C–N with tert-alkyl or cyclic N) is 1. The van der Waals surface area contributed by atoms with E-state index in [2.05, 4.69) is 20.2 Å². The molecular formula is C18H21FN4O2. The lowest BCUT2D eigenvalue weighted by molar-refractivity contribution is -0.121. The zero-order valence-corrected chi connectivity index (χ0v) is 13.8. The molecule has 0 unspecified atom stereocenters. The first-order valence-corrected chi connectivity index (χ1v) is 8.35. The monoisotopic (exact) mass is 344 g/mol. The van der Waals surface area contributed by atoms with Crippen LogP contribution in [0.2, 0.25) is 0 Å². The van der Waals surface area contributed by atoms with Crippen molar-refractivity contribution in [1.82, 2.24) is 14.9 Å². The molecule has 2 aromatic rings. The van der Waals surface area contributed by atoms with Gasteiger partial charge in [-0.3, -0.25) is 10.1 Å². The predicted octanol–water partition coefficient (Wildman–Crippen LogP) is 2.00. The molecular weight excluding hydrogens is 323 g/mol. The Bertz CT molecular complexity index is 705. The van der Waals surface area contributed by atoms with Crippen molar-refractivity contribution < 1.29 is 14.3 Å². The molecule has 1 fully saturated rings. The van der Waals surface area contributed by atoms with Gasteiger partial charge < -0.3 is 10.0 Å². The van der Waals surface area contributed by atoms with Crippen LogP contribution in [0.25, 0.3) is 0 Å². The first-order chi connectivity index (χ1) is 12.1. The fourth-order valence-corrected chi connectivity index (χ4v) is 3.02. The summed E-state index contributed by atoms with van der Waals surface area (Å²) in [5.41, 5.74) is 0.570. The highest BCUT2D eigenvalue weighted by molar-refractivity contribution is 5.90. The van der Waals surface area contributed by atoms with Gasteiger partial charge in [-0.1, -0.05) is 12.1 Å². The molecule has 1 aromatic heterocycles. The molecule has 2 heterocycles. The highest BCUT2D eigenvalue weighted by atomic mass is 19.1. The summed E-state index contributed by atoms with van der Waals surface area (Å²) >= 11 is 0. The molecule has 2 N–H and O–H groups in total. The molecule has 25 heavy (non-hydrogen) atoms. The molecule has 1 aliphatic rings. The lowest BCUT2D eigenvalue weighted by atomic mass is 9.95. The minimum Gasteiger partial charge on any atom is -0.387 e. The summed E-state index contributed by atoms with van der Waals surface area (Å²) in [5, 5.41) is 13.0. The van der Waals surface area contributed by atoms with Crippen molar-refractivity contribution in [2.45, 2.75) is 18.9 Å². The zero-order chi connectivity index (χ0) is 17.6. The average molecular weight is 344 g/mol. The second-order valence-corrected chi connectivity index (χ2v) is 6.21. The number of rotatable bonds is 5. The molecule has 6 nitrogen and oxygen atoms in total. The molecule has 0 bridgehead atoms. The van der Waals surface area contributed by atoms with Crippen molar-refractivity contribution in [1.29, 1.82) is 0 Å². The van der Waals surface area contributed by atoms with E-state index in [4.69, 9.17) is 0 Å². The quantitative estimate of drug-likeness (QED) is 0.867. The number of amides is 1. The van der Waals surface area contributed by atoms with E-state index in [9.17, 15) is 14.3 Å². The van der Waals surface area contributed by atoms with Gasteiger partial charge in [-0.2, -0.15) is 0 Å². The summed E-state index contributed by atoms with van der Waals surface area (Å²) in [6.45, 7) is 1.85. The van der Waals surface area contributed by atoms with E-state index in [0.29, 0.717) is 44.0 Å². The van der Waals surface area contributed by atoms with Crippen LogP contribution in [-0.2, 0) is 4.79 Å². The standard InChI is InChI=1S/C18H21FN4O2/c19-15-4-1-3-14(11-15)16(24)12-23-9-5-13(6-10-23)17(25)22-18-20-7-2-8-21-18/h1-4,7-8,11,13,16,24H,5-6,9-10,12H2,(H,20,21,22,25)/t16-/m1/s1. The second-order valence-electron chi connectivity index (χ2n) is 6.21. The van der Waals surface area contributed by atoms with Gasteiger partial charge in [0, 0.05) is 24.9 Å². The van der Waals surface area contributed by atoms with Crippen molar-refractivity contribution in [2.75, 3.05) is 25.0 Å². The molecule has 0 aliphatic carbocycles. The normalized spacial score (nSPS) is 17.2. The van der Waals surface area contributed by atoms with Gasteiger partial charge in [-0.25, -0.2) is 14.4 Å². The summed E-state index contributed by atoms with van der Waals surface area (Å²) in [6, 6.07) is 7.71. The number of nitrogens with zero attached hydrogens (tertiary/aromatic N) is 3. The van der Waals surface area contributed by atoms with Crippen LogP contribution in [0.3, 0.4) is 0 Å². The fraction of sp³-hybridized carbons (Fsp3) is 0.389. The SMILES string of the molecule is O=C(Nc1ncccn1)C1CCN(C[C@@H](O)c2cccc(F)c2)CC1. The van der Waals surface area contributed by atoms with Crippen LogP contribution in [0.5, 0.6) is 0 Å². The van der Waals surface area contributed by atoms with Crippen LogP contribution < -0.4 is 5.32 Å². The maximum absolute atomic E-state index is 13.2. The van der Waals surface area contributed by atoms with Gasteiger partial charge >= 0.3 is 0 Å². The number of carbonyl (C=O) groups is 1. The summed E-state index contributed by atoms with van der Waals surface area (Å²) in [7, 11) is 0. The Kier molecular flexibility index (Phi) is 5.67. The van der Waals surface area contributed by atoms with Crippen LogP contribution in [0.15, 0.2) is 42.7 Å².